The van der Waals surface area contributed by atoms with Gasteiger partial charge in [0.2, 0.25) is 5.95 Å². The fourth-order valence-electron chi connectivity index (χ4n) is 3.61. The van der Waals surface area contributed by atoms with Gasteiger partial charge in [-0.25, -0.2) is 9.78 Å². The first kappa shape index (κ1) is 18.7. The average Bonchev–Trinajstić information content (AvgIpc) is 2.62. The van der Waals surface area contributed by atoms with Gasteiger partial charge in [-0.3, -0.25) is 0 Å². The van der Waals surface area contributed by atoms with Gasteiger partial charge in [0, 0.05) is 44.0 Å². The zero-order chi connectivity index (χ0) is 18.5. The zero-order valence-electron chi connectivity index (χ0n) is 16.2. The summed E-state index contributed by atoms with van der Waals surface area (Å²) < 4.78 is 5.08. The predicted molar refractivity (Wildman–Crippen MR) is 103 cm³/mol. The van der Waals surface area contributed by atoms with Gasteiger partial charge < -0.3 is 19.9 Å². The monoisotopic (exact) mass is 361 g/mol. The summed E-state index contributed by atoms with van der Waals surface area (Å²) in [7, 11) is 0. The van der Waals surface area contributed by atoms with Crippen LogP contribution in [0.2, 0.25) is 0 Å². The highest BCUT2D eigenvalue weighted by molar-refractivity contribution is 5.67. The Morgan fingerprint density at radius 2 is 1.88 bits per heavy atom. The van der Waals surface area contributed by atoms with Gasteiger partial charge in [-0.05, 0) is 45.4 Å². The van der Waals surface area contributed by atoms with Gasteiger partial charge in [0.15, 0.2) is 0 Å². The van der Waals surface area contributed by atoms with Crippen LogP contribution in [0.4, 0.5) is 16.6 Å². The molecule has 0 radical (unpaired) electrons. The van der Waals surface area contributed by atoms with Crippen molar-refractivity contribution in [3.8, 4) is 0 Å². The average molecular weight is 361 g/mol. The Morgan fingerprint density at radius 3 is 2.54 bits per heavy atom. The summed E-state index contributed by atoms with van der Waals surface area (Å²) in [5.74, 6) is 2.52. The van der Waals surface area contributed by atoms with Gasteiger partial charge in [-0.15, -0.1) is 0 Å². The Kier molecular flexibility index (Phi) is 6.16. The van der Waals surface area contributed by atoms with Gasteiger partial charge in [0.1, 0.15) is 5.82 Å². The van der Waals surface area contributed by atoms with E-state index in [9.17, 15) is 4.79 Å². The molecule has 0 unspecified atom stereocenters. The lowest BCUT2D eigenvalue weighted by molar-refractivity contribution is 0.0983. The Morgan fingerprint density at radius 1 is 1.19 bits per heavy atom. The number of hydrogen-bond donors (Lipinski definition) is 1. The lowest BCUT2D eigenvalue weighted by atomic mass is 10.00. The third kappa shape index (κ3) is 4.77. The second kappa shape index (κ2) is 8.56. The molecular formula is C19H31N5O2. The van der Waals surface area contributed by atoms with Crippen molar-refractivity contribution in [3.63, 3.8) is 0 Å². The molecule has 7 nitrogen and oxygen atoms in total. The maximum absolute atomic E-state index is 11.8. The molecule has 1 aromatic rings. The minimum atomic E-state index is -0.203. The zero-order valence-corrected chi connectivity index (χ0v) is 16.2. The van der Waals surface area contributed by atoms with Gasteiger partial charge in [-0.1, -0.05) is 6.92 Å². The molecule has 2 aliphatic rings. The molecule has 1 aromatic heterocycles. The molecule has 1 N–H and O–H groups in total. The number of carbonyl (C=O) groups is 1. The number of carbonyl (C=O) groups excluding carboxylic acids is 1. The molecular weight excluding hydrogens is 330 g/mol. The van der Waals surface area contributed by atoms with Gasteiger partial charge in [0.25, 0.3) is 0 Å². The summed E-state index contributed by atoms with van der Waals surface area (Å²) >= 11 is 0. The highest BCUT2D eigenvalue weighted by Crippen LogP contribution is 2.23. The van der Waals surface area contributed by atoms with E-state index in [1.54, 1.807) is 4.90 Å². The first-order chi connectivity index (χ1) is 12.5. The first-order valence-electron chi connectivity index (χ1n) is 9.84. The second-order valence-electron chi connectivity index (χ2n) is 7.47. The Hall–Kier alpha value is -2.05. The molecule has 26 heavy (non-hydrogen) atoms. The van der Waals surface area contributed by atoms with Crippen molar-refractivity contribution >= 4 is 17.9 Å². The van der Waals surface area contributed by atoms with Crippen LogP contribution >= 0.6 is 0 Å². The van der Waals surface area contributed by atoms with Crippen LogP contribution < -0.4 is 10.2 Å². The van der Waals surface area contributed by atoms with E-state index in [-0.39, 0.29) is 6.09 Å². The van der Waals surface area contributed by atoms with Crippen LogP contribution in [0.1, 0.15) is 45.2 Å². The van der Waals surface area contributed by atoms with E-state index in [4.69, 9.17) is 9.72 Å². The molecule has 3 rings (SSSR count). The van der Waals surface area contributed by atoms with Crippen molar-refractivity contribution in [1.82, 2.24) is 14.9 Å². The number of piperidine rings is 2. The normalized spacial score (nSPS) is 19.5. The van der Waals surface area contributed by atoms with Crippen molar-refractivity contribution in [2.24, 2.45) is 5.92 Å². The number of amides is 1. The van der Waals surface area contributed by atoms with Crippen LogP contribution in [0, 0.1) is 12.8 Å². The van der Waals surface area contributed by atoms with Crippen LogP contribution in [0.15, 0.2) is 6.07 Å². The molecule has 0 atom stereocenters. The van der Waals surface area contributed by atoms with Gasteiger partial charge >= 0.3 is 6.09 Å². The highest BCUT2D eigenvalue weighted by Gasteiger charge is 2.24. The SMILES string of the molecule is CCOC(=O)N1CCC(Nc2cc(C)nc(N3CCC(C)CC3)n2)CC1. The van der Waals surface area contributed by atoms with E-state index in [2.05, 4.69) is 22.1 Å². The third-order valence-corrected chi connectivity index (χ3v) is 5.28. The molecule has 0 spiro atoms. The Balaban J connectivity index is 1.58. The topological polar surface area (TPSA) is 70.6 Å². The van der Waals surface area contributed by atoms with E-state index in [1.807, 2.05) is 19.9 Å². The standard InChI is InChI=1S/C19H31N5O2/c1-4-26-19(25)24-11-7-16(8-12-24)21-17-13-15(3)20-18(22-17)23-9-5-14(2)6-10-23/h13-14,16H,4-12H2,1-3H3,(H,20,21,22). The summed E-state index contributed by atoms with van der Waals surface area (Å²) in [5.41, 5.74) is 0.986. The Labute approximate surface area is 156 Å². The molecule has 144 valence electrons. The predicted octanol–water partition coefficient (Wildman–Crippen LogP) is 3.05. The molecule has 2 fully saturated rings. The minimum absolute atomic E-state index is 0.203. The molecule has 2 aliphatic heterocycles. The van der Waals surface area contributed by atoms with Crippen molar-refractivity contribution in [1.29, 1.82) is 0 Å². The van der Waals surface area contributed by atoms with E-state index >= 15 is 0 Å². The third-order valence-electron chi connectivity index (χ3n) is 5.28. The van der Waals surface area contributed by atoms with Crippen molar-refractivity contribution in [2.45, 2.75) is 52.5 Å². The lowest BCUT2D eigenvalue weighted by Crippen LogP contribution is -2.42. The van der Waals surface area contributed by atoms with Crippen molar-refractivity contribution in [2.75, 3.05) is 43.0 Å². The molecule has 0 bridgehead atoms. The number of nitrogens with one attached hydrogen (secondary N) is 1. The van der Waals surface area contributed by atoms with Gasteiger partial charge in [-0.2, -0.15) is 4.98 Å². The Bertz CT molecular complexity index is 608. The number of anilines is 2. The fraction of sp³-hybridized carbons (Fsp3) is 0.737. The molecule has 0 aromatic carbocycles. The molecule has 1 amide bonds. The van der Waals surface area contributed by atoms with E-state index in [0.717, 1.165) is 62.4 Å². The van der Waals surface area contributed by atoms with Crippen LogP contribution in [0.25, 0.3) is 0 Å². The summed E-state index contributed by atoms with van der Waals surface area (Å²) in [6.45, 7) is 10.1. The van der Waals surface area contributed by atoms with Crippen LogP contribution in [0.3, 0.4) is 0 Å². The van der Waals surface area contributed by atoms with Crippen molar-refractivity contribution in [3.05, 3.63) is 11.8 Å². The fourth-order valence-corrected chi connectivity index (χ4v) is 3.61. The number of aryl methyl sites for hydroxylation is 1. The molecule has 0 aliphatic carbocycles. The first-order valence-corrected chi connectivity index (χ1v) is 9.84. The van der Waals surface area contributed by atoms with Crippen LogP contribution in [-0.2, 0) is 4.74 Å². The van der Waals surface area contributed by atoms with E-state index in [0.29, 0.717) is 12.6 Å². The molecule has 7 heteroatoms. The van der Waals surface area contributed by atoms with Crippen LogP contribution in [0.5, 0.6) is 0 Å². The second-order valence-corrected chi connectivity index (χ2v) is 7.47. The lowest BCUT2D eigenvalue weighted by Gasteiger charge is -2.33. The highest BCUT2D eigenvalue weighted by atomic mass is 16.6. The maximum atomic E-state index is 11.8. The summed E-state index contributed by atoms with van der Waals surface area (Å²) in [6, 6.07) is 2.33. The number of hydrogen-bond acceptors (Lipinski definition) is 6. The summed E-state index contributed by atoms with van der Waals surface area (Å²) in [6.07, 6.45) is 4.00. The van der Waals surface area contributed by atoms with Gasteiger partial charge in [0.05, 0.1) is 6.61 Å². The quantitative estimate of drug-likeness (QED) is 0.889. The number of nitrogens with zero attached hydrogens (tertiary/aromatic N) is 4. The van der Waals surface area contributed by atoms with E-state index in [1.165, 1.54) is 12.8 Å². The number of ether oxygens (including phenoxy) is 1. The molecule has 2 saturated heterocycles. The smallest absolute Gasteiger partial charge is 0.409 e. The number of rotatable bonds is 4. The molecule has 3 heterocycles. The number of likely N-dealkylation sites (tertiary alicyclic amines) is 1. The summed E-state index contributed by atoms with van der Waals surface area (Å²) in [4.78, 5) is 25.3. The van der Waals surface area contributed by atoms with Crippen LogP contribution in [-0.4, -0.2) is 59.8 Å². The summed E-state index contributed by atoms with van der Waals surface area (Å²) in [5, 5.41) is 3.54. The van der Waals surface area contributed by atoms with Crippen molar-refractivity contribution < 1.29 is 9.53 Å². The largest absolute Gasteiger partial charge is 0.450 e. The van der Waals surface area contributed by atoms with E-state index < -0.39 is 0 Å². The number of aromatic nitrogens is 2. The molecule has 0 saturated carbocycles. The maximum Gasteiger partial charge on any atom is 0.409 e. The minimum Gasteiger partial charge on any atom is -0.450 e.